The highest BCUT2D eigenvalue weighted by Gasteiger charge is 2.14. The van der Waals surface area contributed by atoms with Crippen molar-refractivity contribution in [2.24, 2.45) is 10.1 Å². The first-order chi connectivity index (χ1) is 16.3. The normalized spacial score (nSPS) is 17.7. The van der Waals surface area contributed by atoms with Crippen LogP contribution in [0.4, 0.5) is 0 Å². The number of benzene rings is 2. The first kappa shape index (κ1) is 21.4. The zero-order valence-electron chi connectivity index (χ0n) is 18.1. The van der Waals surface area contributed by atoms with Gasteiger partial charge in [-0.05, 0) is 46.6 Å². The highest BCUT2D eigenvalue weighted by molar-refractivity contribution is 7.97. The van der Waals surface area contributed by atoms with E-state index in [1.54, 1.807) is 0 Å². The number of nitrogens with two attached hydrogens (primary N) is 1. The Morgan fingerprint density at radius 2 is 1.88 bits per heavy atom. The van der Waals surface area contributed by atoms with Crippen LogP contribution in [-0.2, 0) is 0 Å². The van der Waals surface area contributed by atoms with Gasteiger partial charge in [0.1, 0.15) is 0 Å². The largest absolute Gasteiger partial charge is 0.390 e. The number of nitrogens with one attached hydrogen (secondary N) is 2. The maximum Gasteiger partial charge on any atom is 0.162 e. The first-order valence-electron chi connectivity index (χ1n) is 10.9. The first-order valence-corrected chi connectivity index (χ1v) is 11.8. The lowest BCUT2D eigenvalue weighted by Crippen LogP contribution is -2.26. The monoisotopic (exact) mass is 455 g/mol. The van der Waals surface area contributed by atoms with Gasteiger partial charge in [-0.1, -0.05) is 36.4 Å². The second-order valence-corrected chi connectivity index (χ2v) is 8.34. The molecule has 1 aliphatic heterocycles. The Labute approximate surface area is 196 Å². The molecule has 1 aliphatic rings. The quantitative estimate of drug-likeness (QED) is 0.408. The van der Waals surface area contributed by atoms with Gasteiger partial charge < -0.3 is 10.6 Å². The Balaban J connectivity index is 1.55. The molecule has 0 saturated heterocycles. The molecule has 2 aromatic heterocycles. The zero-order chi connectivity index (χ0) is 22.5. The van der Waals surface area contributed by atoms with E-state index in [0.717, 1.165) is 69.8 Å². The average molecular weight is 456 g/mol. The molecule has 0 radical (unpaired) electrons. The van der Waals surface area contributed by atoms with Gasteiger partial charge in [0.05, 0.1) is 12.7 Å². The number of fused-ring (bicyclic) bond motifs is 2. The number of allylic oxidation sites excluding steroid dienone is 3. The third-order valence-electron chi connectivity index (χ3n) is 5.58. The Morgan fingerprint density at radius 1 is 0.970 bits per heavy atom. The summed E-state index contributed by atoms with van der Waals surface area (Å²) in [5, 5.41) is 19.4. The summed E-state index contributed by atoms with van der Waals surface area (Å²) >= 11 is 1.27. The standard InChI is InChI=1S/C25H25N7S/c26-33-24-8-7-21(20-5-1-2-6-22(20)24)23-16-31-32-17-19(15-30-25(23)32)18-4-3-9-27-10-11-28-12-13-29-14-18/h1-9,14-17,27-28H,10-13,26H2/b9-3+,18-4+,29-14?. The summed E-state index contributed by atoms with van der Waals surface area (Å²) in [5.74, 6) is 0. The number of hydrogen-bond donors (Lipinski definition) is 3. The number of aliphatic imine (C=N–C) groups is 1. The fraction of sp³-hybridized carbons (Fsp3) is 0.160. The number of nitrogens with zero attached hydrogens (tertiary/aromatic N) is 4. The van der Waals surface area contributed by atoms with Crippen LogP contribution in [0.3, 0.4) is 0 Å². The van der Waals surface area contributed by atoms with Gasteiger partial charge in [-0.3, -0.25) is 10.1 Å². The van der Waals surface area contributed by atoms with Crippen molar-refractivity contribution in [3.8, 4) is 11.1 Å². The third kappa shape index (κ3) is 4.54. The molecule has 0 amide bonds. The maximum atomic E-state index is 5.88. The summed E-state index contributed by atoms with van der Waals surface area (Å²) < 4.78 is 1.83. The van der Waals surface area contributed by atoms with Gasteiger partial charge in [0.2, 0.25) is 0 Å². The molecular weight excluding hydrogens is 430 g/mol. The van der Waals surface area contributed by atoms with Crippen LogP contribution in [0, 0.1) is 0 Å². The van der Waals surface area contributed by atoms with Gasteiger partial charge in [-0.25, -0.2) is 9.50 Å². The summed E-state index contributed by atoms with van der Waals surface area (Å²) in [5.41, 5.74) is 4.82. The Morgan fingerprint density at radius 3 is 2.79 bits per heavy atom. The molecule has 0 spiro atoms. The lowest BCUT2D eigenvalue weighted by molar-refractivity contribution is 0.667. The molecule has 0 aliphatic carbocycles. The van der Waals surface area contributed by atoms with Crippen molar-refractivity contribution in [2.45, 2.75) is 4.90 Å². The van der Waals surface area contributed by atoms with Crippen LogP contribution in [0.5, 0.6) is 0 Å². The van der Waals surface area contributed by atoms with Crippen molar-refractivity contribution < 1.29 is 0 Å². The summed E-state index contributed by atoms with van der Waals surface area (Å²) in [6.45, 7) is 3.38. The molecule has 0 saturated carbocycles. The highest BCUT2D eigenvalue weighted by atomic mass is 32.2. The molecule has 33 heavy (non-hydrogen) atoms. The highest BCUT2D eigenvalue weighted by Crippen LogP contribution is 2.35. The van der Waals surface area contributed by atoms with Crippen LogP contribution in [0.2, 0.25) is 0 Å². The minimum Gasteiger partial charge on any atom is -0.390 e. The topological polar surface area (TPSA) is 92.6 Å². The zero-order valence-corrected chi connectivity index (χ0v) is 18.9. The Bertz CT molecular complexity index is 1370. The van der Waals surface area contributed by atoms with E-state index >= 15 is 0 Å². The molecule has 0 unspecified atom stereocenters. The van der Waals surface area contributed by atoms with Crippen molar-refractivity contribution in [2.75, 3.05) is 26.2 Å². The molecule has 0 fully saturated rings. The van der Waals surface area contributed by atoms with Crippen LogP contribution in [0.25, 0.3) is 33.1 Å². The van der Waals surface area contributed by atoms with E-state index in [2.05, 4.69) is 45.0 Å². The minimum atomic E-state index is 0.729. The van der Waals surface area contributed by atoms with E-state index in [1.807, 2.05) is 59.8 Å². The molecule has 3 heterocycles. The fourth-order valence-corrected chi connectivity index (χ4v) is 4.38. The Kier molecular flexibility index (Phi) is 6.48. The van der Waals surface area contributed by atoms with E-state index in [0.29, 0.717) is 0 Å². The second-order valence-electron chi connectivity index (χ2n) is 7.66. The molecule has 0 bridgehead atoms. The lowest BCUT2D eigenvalue weighted by Gasteiger charge is -2.09. The Hall–Kier alpha value is -3.46. The summed E-state index contributed by atoms with van der Waals surface area (Å²) in [6, 6.07) is 12.4. The van der Waals surface area contributed by atoms with Crippen LogP contribution < -0.4 is 15.8 Å². The maximum absolute atomic E-state index is 5.88. The molecule has 4 N–H and O–H groups in total. The van der Waals surface area contributed by atoms with Gasteiger partial charge in [-0.2, -0.15) is 5.10 Å². The summed E-state index contributed by atoms with van der Waals surface area (Å²) in [4.78, 5) is 10.4. The van der Waals surface area contributed by atoms with Crippen molar-refractivity contribution in [1.82, 2.24) is 25.2 Å². The average Bonchev–Trinajstić information content (AvgIpc) is 3.27. The molecule has 8 heteroatoms. The molecule has 7 nitrogen and oxygen atoms in total. The number of hydrogen-bond acceptors (Lipinski definition) is 7. The molecular formula is C25H25N7S. The molecule has 4 aromatic rings. The van der Waals surface area contributed by atoms with Gasteiger partial charge in [0, 0.05) is 59.8 Å². The van der Waals surface area contributed by atoms with Crippen LogP contribution in [-0.4, -0.2) is 47.0 Å². The van der Waals surface area contributed by atoms with Gasteiger partial charge in [0.25, 0.3) is 0 Å². The summed E-state index contributed by atoms with van der Waals surface area (Å²) in [7, 11) is 0. The third-order valence-corrected chi connectivity index (χ3v) is 6.18. The second kappa shape index (κ2) is 9.99. The van der Waals surface area contributed by atoms with Crippen LogP contribution in [0.1, 0.15) is 5.56 Å². The van der Waals surface area contributed by atoms with E-state index in [4.69, 9.17) is 10.1 Å². The van der Waals surface area contributed by atoms with Crippen molar-refractivity contribution in [3.05, 3.63) is 78.9 Å². The van der Waals surface area contributed by atoms with Crippen molar-refractivity contribution in [1.29, 1.82) is 0 Å². The van der Waals surface area contributed by atoms with Crippen molar-refractivity contribution >= 4 is 40.2 Å². The SMILES string of the molecule is NSc1ccc(-c2cnn3cc(/C4=C/C=C/NCCNCCN=C4)cnc23)c2ccccc12. The van der Waals surface area contributed by atoms with Gasteiger partial charge in [-0.15, -0.1) is 0 Å². The summed E-state index contributed by atoms with van der Waals surface area (Å²) in [6.07, 6.45) is 13.6. The van der Waals surface area contributed by atoms with E-state index in [9.17, 15) is 0 Å². The molecule has 0 atom stereocenters. The smallest absolute Gasteiger partial charge is 0.162 e. The van der Waals surface area contributed by atoms with E-state index in [-0.39, 0.29) is 0 Å². The van der Waals surface area contributed by atoms with E-state index < -0.39 is 0 Å². The van der Waals surface area contributed by atoms with Crippen molar-refractivity contribution in [3.63, 3.8) is 0 Å². The molecule has 2 aromatic carbocycles. The molecule has 166 valence electrons. The lowest BCUT2D eigenvalue weighted by atomic mass is 10.00. The van der Waals surface area contributed by atoms with Crippen LogP contribution in [0.15, 0.2) is 83.2 Å². The fourth-order valence-electron chi connectivity index (χ4n) is 3.93. The number of aromatic nitrogens is 3. The predicted octanol–water partition coefficient (Wildman–Crippen LogP) is 3.68. The number of rotatable bonds is 3. The van der Waals surface area contributed by atoms with Gasteiger partial charge in [0.15, 0.2) is 5.65 Å². The van der Waals surface area contributed by atoms with Gasteiger partial charge >= 0.3 is 0 Å². The van der Waals surface area contributed by atoms with E-state index in [1.165, 1.54) is 11.9 Å². The minimum absolute atomic E-state index is 0.729. The molecule has 5 rings (SSSR count). The van der Waals surface area contributed by atoms with Crippen LogP contribution >= 0.6 is 11.9 Å². The predicted molar refractivity (Wildman–Crippen MR) is 137 cm³/mol.